The van der Waals surface area contributed by atoms with Crippen molar-refractivity contribution < 1.29 is 8.42 Å². The van der Waals surface area contributed by atoms with Crippen LogP contribution >= 0.6 is 0 Å². The minimum absolute atomic E-state index is 0.0496. The van der Waals surface area contributed by atoms with E-state index in [0.29, 0.717) is 11.6 Å². The van der Waals surface area contributed by atoms with Crippen LogP contribution in [0.2, 0.25) is 0 Å². The van der Waals surface area contributed by atoms with Gasteiger partial charge in [-0.2, -0.15) is 0 Å². The van der Waals surface area contributed by atoms with Crippen LogP contribution in [0.25, 0.3) is 22.0 Å². The number of rotatable bonds is 5. The summed E-state index contributed by atoms with van der Waals surface area (Å²) in [5.41, 5.74) is 3.50. The number of nitrogens with one attached hydrogen (secondary N) is 1. The van der Waals surface area contributed by atoms with Crippen LogP contribution in [0.3, 0.4) is 0 Å². The van der Waals surface area contributed by atoms with Crippen LogP contribution in [-0.2, 0) is 10.0 Å². The SMILES string of the molecule is CN1CCN(c2cc(-c3cccc4cnc(Nc5ccc(S(N)(=O)=O)cc5)nc34)ccn2)CC1. The number of hydrogen-bond acceptors (Lipinski definition) is 8. The van der Waals surface area contributed by atoms with Crippen LogP contribution in [0.4, 0.5) is 17.5 Å². The molecule has 0 amide bonds. The number of primary sulfonamides is 1. The van der Waals surface area contributed by atoms with Crippen molar-refractivity contribution in [2.75, 3.05) is 43.4 Å². The molecule has 2 aromatic heterocycles. The summed E-state index contributed by atoms with van der Waals surface area (Å²) in [6, 6.07) is 16.3. The molecule has 0 unspecified atom stereocenters. The normalized spacial score (nSPS) is 14.9. The highest BCUT2D eigenvalue weighted by Crippen LogP contribution is 2.30. The van der Waals surface area contributed by atoms with Gasteiger partial charge in [0.2, 0.25) is 16.0 Å². The maximum atomic E-state index is 11.5. The van der Waals surface area contributed by atoms with Crippen LogP contribution in [-0.4, -0.2) is 61.5 Å². The summed E-state index contributed by atoms with van der Waals surface area (Å²) in [4.78, 5) is 18.5. The van der Waals surface area contributed by atoms with Crippen LogP contribution in [0.5, 0.6) is 0 Å². The van der Waals surface area contributed by atoms with E-state index >= 15 is 0 Å². The highest BCUT2D eigenvalue weighted by atomic mass is 32.2. The zero-order valence-electron chi connectivity index (χ0n) is 18.7. The van der Waals surface area contributed by atoms with Crippen molar-refractivity contribution in [1.29, 1.82) is 0 Å². The molecule has 0 aliphatic carbocycles. The maximum Gasteiger partial charge on any atom is 0.238 e. The number of anilines is 3. The summed E-state index contributed by atoms with van der Waals surface area (Å²) >= 11 is 0. The number of likely N-dealkylation sites (N-methyl/N-ethyl adjacent to an activating group) is 1. The van der Waals surface area contributed by atoms with E-state index in [-0.39, 0.29) is 4.90 Å². The van der Waals surface area contributed by atoms with Gasteiger partial charge in [0.1, 0.15) is 5.82 Å². The largest absolute Gasteiger partial charge is 0.354 e. The lowest BCUT2D eigenvalue weighted by atomic mass is 10.0. The second-order valence-corrected chi connectivity index (χ2v) is 9.89. The quantitative estimate of drug-likeness (QED) is 0.453. The molecular formula is C24H25N7O2S. The van der Waals surface area contributed by atoms with Crippen molar-refractivity contribution in [1.82, 2.24) is 19.9 Å². The summed E-state index contributed by atoms with van der Waals surface area (Å²) in [6.45, 7) is 3.92. The zero-order chi connectivity index (χ0) is 23.7. The molecule has 0 saturated carbocycles. The van der Waals surface area contributed by atoms with Gasteiger partial charge in [0.05, 0.1) is 10.4 Å². The number of fused-ring (bicyclic) bond motifs is 1. The Morgan fingerprint density at radius 3 is 2.47 bits per heavy atom. The number of sulfonamides is 1. The topological polar surface area (TPSA) is 117 Å². The fourth-order valence-electron chi connectivity index (χ4n) is 4.00. The van der Waals surface area contributed by atoms with Crippen molar-refractivity contribution in [2.45, 2.75) is 4.90 Å². The van der Waals surface area contributed by atoms with E-state index < -0.39 is 10.0 Å². The van der Waals surface area contributed by atoms with E-state index in [9.17, 15) is 8.42 Å². The monoisotopic (exact) mass is 475 g/mol. The van der Waals surface area contributed by atoms with Gasteiger partial charge in [-0.15, -0.1) is 0 Å². The van der Waals surface area contributed by atoms with Gasteiger partial charge in [-0.1, -0.05) is 18.2 Å². The van der Waals surface area contributed by atoms with Gasteiger partial charge in [-0.3, -0.25) is 0 Å². The second-order valence-electron chi connectivity index (χ2n) is 8.32. The van der Waals surface area contributed by atoms with E-state index in [4.69, 9.17) is 10.1 Å². The van der Waals surface area contributed by atoms with Gasteiger partial charge in [0.25, 0.3) is 0 Å². The Hall–Kier alpha value is -3.60. The summed E-state index contributed by atoms with van der Waals surface area (Å²) in [5, 5.41) is 9.23. The molecule has 0 atom stereocenters. The molecule has 174 valence electrons. The fourth-order valence-corrected chi connectivity index (χ4v) is 4.52. The van der Waals surface area contributed by atoms with Crippen molar-refractivity contribution in [3.63, 3.8) is 0 Å². The van der Waals surface area contributed by atoms with E-state index in [1.54, 1.807) is 18.3 Å². The van der Waals surface area contributed by atoms with Gasteiger partial charge >= 0.3 is 0 Å². The van der Waals surface area contributed by atoms with Crippen molar-refractivity contribution >= 4 is 38.4 Å². The Bertz CT molecular complexity index is 1430. The molecule has 0 radical (unpaired) electrons. The molecule has 1 saturated heterocycles. The number of piperazine rings is 1. The summed E-state index contributed by atoms with van der Waals surface area (Å²) in [7, 11) is -1.61. The molecule has 1 aliphatic heterocycles. The number of nitrogens with zero attached hydrogens (tertiary/aromatic N) is 5. The molecule has 1 aliphatic rings. The predicted octanol–water partition coefficient (Wildman–Crippen LogP) is 2.83. The first kappa shape index (κ1) is 22.2. The third-order valence-corrected chi connectivity index (χ3v) is 6.86. The molecule has 1 fully saturated rings. The molecule has 4 aromatic rings. The first-order valence-corrected chi connectivity index (χ1v) is 12.5. The van der Waals surface area contributed by atoms with Gasteiger partial charge < -0.3 is 15.1 Å². The third-order valence-electron chi connectivity index (χ3n) is 5.93. The molecule has 0 spiro atoms. The Morgan fingerprint density at radius 2 is 1.74 bits per heavy atom. The number of pyridine rings is 1. The average molecular weight is 476 g/mol. The number of hydrogen-bond donors (Lipinski definition) is 2. The summed E-state index contributed by atoms with van der Waals surface area (Å²) in [5.74, 6) is 1.38. The first-order valence-electron chi connectivity index (χ1n) is 10.9. The average Bonchev–Trinajstić information content (AvgIpc) is 2.84. The predicted molar refractivity (Wildman–Crippen MR) is 134 cm³/mol. The molecule has 0 bridgehead atoms. The number of nitrogens with two attached hydrogens (primary N) is 1. The minimum Gasteiger partial charge on any atom is -0.354 e. The minimum atomic E-state index is -3.74. The highest BCUT2D eigenvalue weighted by molar-refractivity contribution is 7.89. The van der Waals surface area contributed by atoms with Gasteiger partial charge in [0, 0.05) is 55.2 Å². The maximum absolute atomic E-state index is 11.5. The van der Waals surface area contributed by atoms with Gasteiger partial charge in [0.15, 0.2) is 0 Å². The van der Waals surface area contributed by atoms with E-state index in [1.807, 2.05) is 30.5 Å². The fraction of sp³-hybridized carbons (Fsp3) is 0.208. The smallest absolute Gasteiger partial charge is 0.238 e. The molecule has 2 aromatic carbocycles. The van der Waals surface area contributed by atoms with Crippen molar-refractivity contribution in [3.05, 3.63) is 67.0 Å². The third kappa shape index (κ3) is 4.69. The molecule has 3 heterocycles. The Labute approximate surface area is 198 Å². The van der Waals surface area contributed by atoms with Crippen LogP contribution in [0.15, 0.2) is 71.9 Å². The van der Waals surface area contributed by atoms with Crippen LogP contribution in [0, 0.1) is 0 Å². The molecule has 9 nitrogen and oxygen atoms in total. The molecule has 5 rings (SSSR count). The summed E-state index contributed by atoms with van der Waals surface area (Å²) in [6.07, 6.45) is 3.62. The van der Waals surface area contributed by atoms with Crippen molar-refractivity contribution in [3.8, 4) is 11.1 Å². The summed E-state index contributed by atoms with van der Waals surface area (Å²) < 4.78 is 23.0. The van der Waals surface area contributed by atoms with Crippen molar-refractivity contribution in [2.24, 2.45) is 5.14 Å². The Morgan fingerprint density at radius 1 is 0.971 bits per heavy atom. The second kappa shape index (κ2) is 8.98. The first-order chi connectivity index (χ1) is 16.4. The lowest BCUT2D eigenvalue weighted by Gasteiger charge is -2.33. The number of para-hydroxylation sites is 1. The highest BCUT2D eigenvalue weighted by Gasteiger charge is 2.16. The molecule has 10 heteroatoms. The lowest BCUT2D eigenvalue weighted by molar-refractivity contribution is 0.312. The Kier molecular flexibility index (Phi) is 5.86. The molecule has 34 heavy (non-hydrogen) atoms. The van der Waals surface area contributed by atoms with Gasteiger partial charge in [-0.25, -0.2) is 28.5 Å². The van der Waals surface area contributed by atoms with E-state index in [0.717, 1.165) is 54.0 Å². The number of aromatic nitrogens is 3. The molecular weight excluding hydrogens is 450 g/mol. The molecule has 3 N–H and O–H groups in total. The van der Waals surface area contributed by atoms with E-state index in [2.05, 4.69) is 38.2 Å². The van der Waals surface area contributed by atoms with Gasteiger partial charge in [-0.05, 0) is 49.0 Å². The standard InChI is InChI=1S/C24H25N7O2S/c1-30-11-13-31(14-12-30)22-15-17(9-10-26-22)21-4-2-3-18-16-27-24(29-23(18)21)28-19-5-7-20(8-6-19)34(25,32)33/h2-10,15-16H,11-14H2,1H3,(H2,25,32,33)(H,27,28,29). The van der Waals surface area contributed by atoms with Crippen LogP contribution in [0.1, 0.15) is 0 Å². The van der Waals surface area contributed by atoms with Crippen LogP contribution < -0.4 is 15.4 Å². The van der Waals surface area contributed by atoms with E-state index in [1.165, 1.54) is 12.1 Å². The zero-order valence-corrected chi connectivity index (χ0v) is 19.5. The number of benzene rings is 2. The lowest BCUT2D eigenvalue weighted by Crippen LogP contribution is -2.44. The Balaban J connectivity index is 1.46.